The third kappa shape index (κ3) is 3.59. The maximum absolute atomic E-state index is 12.2. The lowest BCUT2D eigenvalue weighted by atomic mass is 9.92. The highest BCUT2D eigenvalue weighted by atomic mass is 16.1. The summed E-state index contributed by atoms with van der Waals surface area (Å²) in [6.07, 6.45) is 7.50. The largest absolute Gasteiger partial charge is 0.355 e. The fourth-order valence-electron chi connectivity index (χ4n) is 3.64. The monoisotopic (exact) mass is 366 g/mol. The van der Waals surface area contributed by atoms with Gasteiger partial charge in [0.2, 0.25) is 0 Å². The molecule has 1 fully saturated rings. The number of fused-ring (bicyclic) bond motifs is 1. The van der Waals surface area contributed by atoms with Gasteiger partial charge in [0.25, 0.3) is 5.56 Å². The summed E-state index contributed by atoms with van der Waals surface area (Å²) in [7, 11) is 0. The molecule has 142 valence electrons. The van der Waals surface area contributed by atoms with Crippen LogP contribution in [-0.2, 0) is 12.0 Å². The van der Waals surface area contributed by atoms with Crippen LogP contribution in [0.5, 0.6) is 0 Å². The number of aromatic nitrogens is 5. The highest BCUT2D eigenvalue weighted by Crippen LogP contribution is 2.26. The second-order valence-corrected chi connectivity index (χ2v) is 8.33. The SMILES string of the molecule is CC(C)(C)c1ccc(=O)n(CC2CCN(c3nccn4nccc34)CC2)n1. The lowest BCUT2D eigenvalue weighted by molar-refractivity contribution is 0.329. The van der Waals surface area contributed by atoms with Crippen LogP contribution >= 0.6 is 0 Å². The molecule has 0 amide bonds. The van der Waals surface area contributed by atoms with E-state index in [9.17, 15) is 4.79 Å². The molecule has 3 aromatic heterocycles. The van der Waals surface area contributed by atoms with Crippen molar-refractivity contribution in [2.75, 3.05) is 18.0 Å². The van der Waals surface area contributed by atoms with Crippen molar-refractivity contribution >= 4 is 11.3 Å². The average molecular weight is 366 g/mol. The van der Waals surface area contributed by atoms with Gasteiger partial charge in [-0.15, -0.1) is 0 Å². The summed E-state index contributed by atoms with van der Waals surface area (Å²) in [6.45, 7) is 8.89. The van der Waals surface area contributed by atoms with E-state index < -0.39 is 0 Å². The summed E-state index contributed by atoms with van der Waals surface area (Å²) in [5.74, 6) is 1.43. The zero-order valence-electron chi connectivity index (χ0n) is 16.2. The summed E-state index contributed by atoms with van der Waals surface area (Å²) in [6, 6.07) is 5.49. The summed E-state index contributed by atoms with van der Waals surface area (Å²) >= 11 is 0. The lowest BCUT2D eigenvalue weighted by Crippen LogP contribution is -2.37. The van der Waals surface area contributed by atoms with Crippen LogP contribution in [0.25, 0.3) is 5.52 Å². The smallest absolute Gasteiger partial charge is 0.266 e. The van der Waals surface area contributed by atoms with E-state index in [-0.39, 0.29) is 11.0 Å². The molecule has 4 rings (SSSR count). The number of nitrogens with zero attached hydrogens (tertiary/aromatic N) is 6. The van der Waals surface area contributed by atoms with Crippen LogP contribution in [0.4, 0.5) is 5.82 Å². The first kappa shape index (κ1) is 17.7. The predicted molar refractivity (Wildman–Crippen MR) is 105 cm³/mol. The van der Waals surface area contributed by atoms with Gasteiger partial charge in [-0.25, -0.2) is 14.2 Å². The molecule has 1 aliphatic rings. The van der Waals surface area contributed by atoms with Crippen molar-refractivity contribution in [2.45, 2.75) is 45.6 Å². The summed E-state index contributed by atoms with van der Waals surface area (Å²) in [4.78, 5) is 19.1. The van der Waals surface area contributed by atoms with Crippen molar-refractivity contribution in [2.24, 2.45) is 5.92 Å². The van der Waals surface area contributed by atoms with Crippen molar-refractivity contribution in [3.63, 3.8) is 0 Å². The molecule has 7 heteroatoms. The van der Waals surface area contributed by atoms with Crippen molar-refractivity contribution < 1.29 is 0 Å². The van der Waals surface area contributed by atoms with Gasteiger partial charge < -0.3 is 4.90 Å². The Morgan fingerprint density at radius 1 is 1.11 bits per heavy atom. The Bertz CT molecular complexity index is 991. The quantitative estimate of drug-likeness (QED) is 0.712. The molecule has 0 bridgehead atoms. The van der Waals surface area contributed by atoms with E-state index in [0.717, 1.165) is 43.0 Å². The van der Waals surface area contributed by atoms with Gasteiger partial charge in [-0.2, -0.15) is 10.2 Å². The van der Waals surface area contributed by atoms with Gasteiger partial charge in [0, 0.05) is 43.5 Å². The van der Waals surface area contributed by atoms with Crippen LogP contribution in [-0.4, -0.2) is 37.5 Å². The topological polar surface area (TPSA) is 68.3 Å². The van der Waals surface area contributed by atoms with Crippen LogP contribution in [0, 0.1) is 5.92 Å². The second-order valence-electron chi connectivity index (χ2n) is 8.33. The first-order valence-electron chi connectivity index (χ1n) is 9.54. The molecule has 3 aromatic rings. The van der Waals surface area contributed by atoms with Crippen LogP contribution < -0.4 is 10.5 Å². The maximum atomic E-state index is 12.2. The first-order valence-corrected chi connectivity index (χ1v) is 9.54. The molecule has 4 heterocycles. The molecule has 0 unspecified atom stereocenters. The van der Waals surface area contributed by atoms with Gasteiger partial charge in [-0.05, 0) is 30.9 Å². The second kappa shape index (κ2) is 6.79. The van der Waals surface area contributed by atoms with E-state index in [0.29, 0.717) is 12.5 Å². The number of piperidine rings is 1. The van der Waals surface area contributed by atoms with Crippen molar-refractivity contribution in [3.05, 3.63) is 52.8 Å². The zero-order chi connectivity index (χ0) is 19.0. The van der Waals surface area contributed by atoms with Crippen molar-refractivity contribution in [1.29, 1.82) is 0 Å². The number of rotatable bonds is 3. The van der Waals surface area contributed by atoms with Gasteiger partial charge >= 0.3 is 0 Å². The van der Waals surface area contributed by atoms with Crippen molar-refractivity contribution in [3.8, 4) is 0 Å². The Labute approximate surface area is 158 Å². The van der Waals surface area contributed by atoms with Gasteiger partial charge in [0.05, 0.1) is 11.9 Å². The minimum absolute atomic E-state index is 0.0175. The molecule has 0 saturated carbocycles. The number of hydrogen-bond donors (Lipinski definition) is 0. The lowest BCUT2D eigenvalue weighted by Gasteiger charge is -2.33. The summed E-state index contributed by atoms with van der Waals surface area (Å²) in [5.41, 5.74) is 1.91. The molecule has 27 heavy (non-hydrogen) atoms. The van der Waals surface area contributed by atoms with Gasteiger partial charge in [0.15, 0.2) is 5.82 Å². The maximum Gasteiger partial charge on any atom is 0.266 e. The Balaban J connectivity index is 1.46. The van der Waals surface area contributed by atoms with Gasteiger partial charge in [-0.1, -0.05) is 20.8 Å². The Morgan fingerprint density at radius 3 is 2.63 bits per heavy atom. The molecule has 0 atom stereocenters. The zero-order valence-corrected chi connectivity index (χ0v) is 16.2. The van der Waals surface area contributed by atoms with E-state index in [2.05, 4.69) is 40.9 Å². The minimum atomic E-state index is -0.0611. The Morgan fingerprint density at radius 2 is 1.89 bits per heavy atom. The number of anilines is 1. The highest BCUT2D eigenvalue weighted by Gasteiger charge is 2.23. The summed E-state index contributed by atoms with van der Waals surface area (Å²) in [5, 5.41) is 8.90. The van der Waals surface area contributed by atoms with E-state index in [1.807, 2.05) is 22.8 Å². The van der Waals surface area contributed by atoms with Gasteiger partial charge in [0.1, 0.15) is 5.52 Å². The van der Waals surface area contributed by atoms with Crippen LogP contribution in [0.15, 0.2) is 41.6 Å². The first-order chi connectivity index (χ1) is 12.9. The average Bonchev–Trinajstić information content (AvgIpc) is 3.12. The standard InChI is InChI=1S/C20H26N6O/c1-20(2,3)17-4-5-18(27)26(23-17)14-15-7-11-24(12-8-15)19-16-6-9-22-25(16)13-10-21-19/h4-6,9-10,13,15H,7-8,11-12,14H2,1-3H3. The van der Waals surface area contributed by atoms with Crippen LogP contribution in [0.2, 0.25) is 0 Å². The molecule has 0 aliphatic carbocycles. The number of hydrogen-bond acceptors (Lipinski definition) is 5. The third-order valence-electron chi connectivity index (χ3n) is 5.28. The normalized spacial score (nSPS) is 16.2. The van der Waals surface area contributed by atoms with Crippen LogP contribution in [0.3, 0.4) is 0 Å². The molecule has 1 aliphatic heterocycles. The molecule has 0 N–H and O–H groups in total. The molecule has 0 spiro atoms. The Kier molecular flexibility index (Phi) is 4.45. The van der Waals surface area contributed by atoms with E-state index in [1.165, 1.54) is 0 Å². The fraction of sp³-hybridized carbons (Fsp3) is 0.500. The fourth-order valence-corrected chi connectivity index (χ4v) is 3.64. The van der Waals surface area contributed by atoms with E-state index in [4.69, 9.17) is 0 Å². The molecule has 0 radical (unpaired) electrons. The summed E-state index contributed by atoms with van der Waals surface area (Å²) < 4.78 is 3.51. The van der Waals surface area contributed by atoms with Gasteiger partial charge in [-0.3, -0.25) is 4.79 Å². The van der Waals surface area contributed by atoms with E-state index in [1.54, 1.807) is 23.1 Å². The molecule has 1 saturated heterocycles. The van der Waals surface area contributed by atoms with Crippen LogP contribution in [0.1, 0.15) is 39.3 Å². The highest BCUT2D eigenvalue weighted by molar-refractivity contribution is 5.68. The van der Waals surface area contributed by atoms with Crippen molar-refractivity contribution in [1.82, 2.24) is 24.4 Å². The minimum Gasteiger partial charge on any atom is -0.355 e. The molecular formula is C20H26N6O. The Hall–Kier alpha value is -2.70. The molecule has 7 nitrogen and oxygen atoms in total. The molecule has 0 aromatic carbocycles. The molecular weight excluding hydrogens is 340 g/mol. The third-order valence-corrected chi connectivity index (χ3v) is 5.28. The van der Waals surface area contributed by atoms with E-state index >= 15 is 0 Å². The predicted octanol–water partition coefficient (Wildman–Crippen LogP) is 2.50.